The maximum absolute atomic E-state index is 9.98. The minimum atomic E-state index is -0.435. The van der Waals surface area contributed by atoms with Crippen LogP contribution in [0.4, 0.5) is 0 Å². The normalized spacial score (nSPS) is 17.8. The molecule has 1 heterocycles. The first-order valence-corrected chi connectivity index (χ1v) is 10.5. The van der Waals surface area contributed by atoms with Crippen molar-refractivity contribution in [2.75, 3.05) is 0 Å². The van der Waals surface area contributed by atoms with E-state index in [1.54, 1.807) is 24.3 Å². The molecule has 1 aliphatic heterocycles. The molecule has 3 aromatic carbocycles. The molecule has 1 saturated carbocycles. The van der Waals surface area contributed by atoms with Gasteiger partial charge in [-0.05, 0) is 48.9 Å². The molecule has 3 nitrogen and oxygen atoms in total. The fourth-order valence-corrected chi connectivity index (χ4v) is 5.12. The van der Waals surface area contributed by atoms with Crippen LogP contribution in [0.1, 0.15) is 67.2 Å². The van der Waals surface area contributed by atoms with Gasteiger partial charge in [-0.15, -0.1) is 0 Å². The Labute approximate surface area is 171 Å². The van der Waals surface area contributed by atoms with Crippen LogP contribution in [0.2, 0.25) is 0 Å². The van der Waals surface area contributed by atoms with Gasteiger partial charge in [0.1, 0.15) is 23.0 Å². The van der Waals surface area contributed by atoms with Crippen LogP contribution in [-0.2, 0) is 5.41 Å². The monoisotopic (exact) mass is 386 g/mol. The molecule has 2 N–H and O–H groups in total. The Hall–Kier alpha value is -2.94. The summed E-state index contributed by atoms with van der Waals surface area (Å²) in [5, 5.41) is 20.0. The Morgan fingerprint density at radius 1 is 0.759 bits per heavy atom. The van der Waals surface area contributed by atoms with Crippen molar-refractivity contribution in [2.24, 2.45) is 0 Å². The van der Waals surface area contributed by atoms with Crippen molar-refractivity contribution in [2.45, 2.75) is 50.4 Å². The summed E-state index contributed by atoms with van der Waals surface area (Å²) in [5.74, 6) is 2.27. The number of hydrogen-bond acceptors (Lipinski definition) is 3. The Morgan fingerprint density at radius 2 is 1.31 bits per heavy atom. The van der Waals surface area contributed by atoms with Gasteiger partial charge in [0, 0.05) is 28.7 Å². The molecule has 1 aliphatic carbocycles. The minimum Gasteiger partial charge on any atom is -0.508 e. The summed E-state index contributed by atoms with van der Waals surface area (Å²) < 4.78 is 6.05. The molecule has 3 aromatic rings. The Kier molecular flexibility index (Phi) is 4.27. The van der Waals surface area contributed by atoms with E-state index in [0.29, 0.717) is 17.4 Å². The Bertz CT molecular complexity index is 995. The van der Waals surface area contributed by atoms with Crippen LogP contribution in [0.25, 0.3) is 0 Å². The summed E-state index contributed by atoms with van der Waals surface area (Å²) in [6.45, 7) is 2.19. The number of rotatable bonds is 2. The lowest BCUT2D eigenvalue weighted by Crippen LogP contribution is -2.29. The third-order valence-corrected chi connectivity index (χ3v) is 6.79. The van der Waals surface area contributed by atoms with Crippen LogP contribution < -0.4 is 4.74 Å². The zero-order valence-electron chi connectivity index (χ0n) is 16.7. The van der Waals surface area contributed by atoms with E-state index in [1.165, 1.54) is 43.2 Å². The predicted octanol–water partition coefficient (Wildman–Crippen LogP) is 6.61. The molecule has 0 saturated heterocycles. The van der Waals surface area contributed by atoms with E-state index in [-0.39, 0.29) is 11.5 Å². The molecule has 0 bridgehead atoms. The molecule has 3 heteroatoms. The van der Waals surface area contributed by atoms with E-state index in [9.17, 15) is 10.2 Å². The maximum atomic E-state index is 9.98. The predicted molar refractivity (Wildman–Crippen MR) is 114 cm³/mol. The Balaban J connectivity index is 1.63. The average Bonchev–Trinajstić information content (AvgIpc) is 2.74. The van der Waals surface area contributed by atoms with Gasteiger partial charge in [-0.25, -0.2) is 0 Å². The summed E-state index contributed by atoms with van der Waals surface area (Å²) in [6, 6.07) is 19.6. The molecule has 148 valence electrons. The van der Waals surface area contributed by atoms with Gasteiger partial charge in [0.05, 0.1) is 0 Å². The fraction of sp³-hybridized carbons (Fsp3) is 0.308. The van der Waals surface area contributed by atoms with Gasteiger partial charge < -0.3 is 14.9 Å². The van der Waals surface area contributed by atoms with E-state index >= 15 is 0 Å². The first-order chi connectivity index (χ1) is 14.1. The van der Waals surface area contributed by atoms with Crippen LogP contribution in [0.3, 0.4) is 0 Å². The summed E-state index contributed by atoms with van der Waals surface area (Å²) in [6.07, 6.45) is 6.59. The number of phenolic OH excluding ortho intramolecular Hbond substituents is 2. The highest BCUT2D eigenvalue weighted by atomic mass is 16.5. The lowest BCUT2D eigenvalue weighted by atomic mass is 9.69. The lowest BCUT2D eigenvalue weighted by Gasteiger charge is -2.38. The first-order valence-electron chi connectivity index (χ1n) is 10.5. The van der Waals surface area contributed by atoms with Gasteiger partial charge in [0.2, 0.25) is 0 Å². The number of aromatic hydroxyl groups is 2. The standard InChI is InChI=1S/C26H26O3/c1-26(19-9-7-18(8-10-19)17-5-3-2-4-6-17)22-13-11-20(27)15-24(22)29-25-16-21(28)12-14-23(25)26/h7-17,27-28H,2-6H2,1H3. The second kappa shape index (κ2) is 6.84. The van der Waals surface area contributed by atoms with Crippen molar-refractivity contribution in [3.8, 4) is 23.0 Å². The van der Waals surface area contributed by atoms with Gasteiger partial charge >= 0.3 is 0 Å². The highest BCUT2D eigenvalue weighted by Crippen LogP contribution is 2.53. The molecule has 0 spiro atoms. The summed E-state index contributed by atoms with van der Waals surface area (Å²) in [5.41, 5.74) is 4.20. The van der Waals surface area contributed by atoms with Crippen molar-refractivity contribution in [3.05, 3.63) is 82.9 Å². The zero-order valence-corrected chi connectivity index (χ0v) is 16.7. The van der Waals surface area contributed by atoms with Crippen LogP contribution in [0.15, 0.2) is 60.7 Å². The van der Waals surface area contributed by atoms with Crippen molar-refractivity contribution < 1.29 is 14.9 Å². The van der Waals surface area contributed by atoms with Crippen molar-refractivity contribution in [3.63, 3.8) is 0 Å². The highest BCUT2D eigenvalue weighted by Gasteiger charge is 2.40. The highest BCUT2D eigenvalue weighted by molar-refractivity contribution is 5.64. The molecule has 2 aliphatic rings. The third kappa shape index (κ3) is 2.96. The average molecular weight is 386 g/mol. The second-order valence-electron chi connectivity index (χ2n) is 8.54. The molecule has 0 aromatic heterocycles. The van der Waals surface area contributed by atoms with Gasteiger partial charge in [-0.1, -0.05) is 55.7 Å². The summed E-state index contributed by atoms with van der Waals surface area (Å²) >= 11 is 0. The smallest absolute Gasteiger partial charge is 0.135 e. The second-order valence-corrected chi connectivity index (χ2v) is 8.54. The van der Waals surface area contributed by atoms with Crippen LogP contribution >= 0.6 is 0 Å². The van der Waals surface area contributed by atoms with Crippen LogP contribution in [-0.4, -0.2) is 10.2 Å². The number of phenols is 2. The lowest BCUT2D eigenvalue weighted by molar-refractivity contribution is 0.410. The number of benzene rings is 3. The van der Waals surface area contributed by atoms with E-state index in [0.717, 1.165) is 11.1 Å². The number of ether oxygens (including phenoxy) is 1. The van der Waals surface area contributed by atoms with E-state index in [4.69, 9.17) is 4.74 Å². The number of hydrogen-bond donors (Lipinski definition) is 2. The van der Waals surface area contributed by atoms with Crippen LogP contribution in [0.5, 0.6) is 23.0 Å². The largest absolute Gasteiger partial charge is 0.508 e. The summed E-state index contributed by atoms with van der Waals surface area (Å²) in [4.78, 5) is 0. The molecule has 29 heavy (non-hydrogen) atoms. The van der Waals surface area contributed by atoms with Gasteiger partial charge in [-0.2, -0.15) is 0 Å². The molecule has 0 radical (unpaired) electrons. The van der Waals surface area contributed by atoms with Gasteiger partial charge in [0.15, 0.2) is 0 Å². The third-order valence-electron chi connectivity index (χ3n) is 6.79. The molecular formula is C26H26O3. The summed E-state index contributed by atoms with van der Waals surface area (Å²) in [7, 11) is 0. The van der Waals surface area contributed by atoms with E-state index in [1.807, 2.05) is 12.1 Å². The molecular weight excluding hydrogens is 360 g/mol. The Morgan fingerprint density at radius 3 is 1.86 bits per heavy atom. The minimum absolute atomic E-state index is 0.169. The fourth-order valence-electron chi connectivity index (χ4n) is 5.12. The topological polar surface area (TPSA) is 49.7 Å². The first kappa shape index (κ1) is 18.1. The van der Waals surface area contributed by atoms with Gasteiger partial charge in [0.25, 0.3) is 0 Å². The molecule has 5 rings (SSSR count). The van der Waals surface area contributed by atoms with Crippen LogP contribution in [0, 0.1) is 0 Å². The maximum Gasteiger partial charge on any atom is 0.135 e. The zero-order chi connectivity index (χ0) is 20.0. The molecule has 1 fully saturated rings. The van der Waals surface area contributed by atoms with Gasteiger partial charge in [-0.3, -0.25) is 0 Å². The van der Waals surface area contributed by atoms with E-state index < -0.39 is 5.41 Å². The van der Waals surface area contributed by atoms with Crippen molar-refractivity contribution in [1.82, 2.24) is 0 Å². The van der Waals surface area contributed by atoms with E-state index in [2.05, 4.69) is 31.2 Å². The molecule has 0 unspecified atom stereocenters. The molecule has 0 atom stereocenters. The SMILES string of the molecule is CC1(c2ccc(C3CCCCC3)cc2)c2ccc(O)cc2Oc2cc(O)ccc21. The van der Waals surface area contributed by atoms with Crippen molar-refractivity contribution >= 4 is 0 Å². The quantitative estimate of drug-likeness (QED) is 0.521. The number of fused-ring (bicyclic) bond motifs is 2. The van der Waals surface area contributed by atoms with Crippen molar-refractivity contribution in [1.29, 1.82) is 0 Å². The molecule has 0 amide bonds.